The van der Waals surface area contributed by atoms with Crippen LogP contribution in [0, 0.1) is 5.82 Å². The monoisotopic (exact) mass is 427 g/mol. The minimum Gasteiger partial charge on any atom is -0.324 e. The standard InChI is InChI=1S/C20H30FN3O4S/c1-12(2)16-10-15(21)11-17(13(3)4)19(16)22-20(26)23-29(27,28)18-8-6-7-9-24(18)14(5)25/h10-13,18H,6-9H2,1-5H3,(H2,22,23,26). The van der Waals surface area contributed by atoms with E-state index in [1.165, 1.54) is 24.0 Å². The molecule has 1 fully saturated rings. The zero-order valence-corrected chi connectivity index (χ0v) is 18.4. The number of amides is 3. The maximum atomic E-state index is 14.0. The van der Waals surface area contributed by atoms with Crippen LogP contribution in [0.15, 0.2) is 12.1 Å². The van der Waals surface area contributed by atoms with E-state index in [2.05, 4.69) is 5.32 Å². The Morgan fingerprint density at radius 1 is 1.10 bits per heavy atom. The van der Waals surface area contributed by atoms with Gasteiger partial charge in [0.15, 0.2) is 5.37 Å². The van der Waals surface area contributed by atoms with Crippen molar-refractivity contribution in [2.75, 3.05) is 11.9 Å². The number of piperidine rings is 1. The summed E-state index contributed by atoms with van der Waals surface area (Å²) in [5, 5.41) is 1.53. The number of rotatable bonds is 5. The predicted molar refractivity (Wildman–Crippen MR) is 111 cm³/mol. The maximum absolute atomic E-state index is 14.0. The van der Waals surface area contributed by atoms with Gasteiger partial charge in [-0.3, -0.25) is 4.79 Å². The lowest BCUT2D eigenvalue weighted by molar-refractivity contribution is -0.130. The smallest absolute Gasteiger partial charge is 0.324 e. The van der Waals surface area contributed by atoms with Gasteiger partial charge in [0, 0.05) is 19.2 Å². The Kier molecular flexibility index (Phi) is 7.26. The normalized spacial score (nSPS) is 17.5. The molecule has 2 rings (SSSR count). The molecular weight excluding hydrogens is 397 g/mol. The number of halogens is 1. The Hall–Kier alpha value is -2.16. The number of nitrogens with zero attached hydrogens (tertiary/aromatic N) is 1. The first-order valence-electron chi connectivity index (χ1n) is 9.87. The number of nitrogens with one attached hydrogen (secondary N) is 2. The van der Waals surface area contributed by atoms with Gasteiger partial charge in [-0.05, 0) is 54.4 Å². The second kappa shape index (κ2) is 9.11. The van der Waals surface area contributed by atoms with Crippen LogP contribution in [0.5, 0.6) is 0 Å². The molecule has 29 heavy (non-hydrogen) atoms. The van der Waals surface area contributed by atoms with E-state index < -0.39 is 27.2 Å². The third kappa shape index (κ3) is 5.46. The minimum atomic E-state index is -4.10. The Balaban J connectivity index is 2.30. The van der Waals surface area contributed by atoms with E-state index in [0.29, 0.717) is 29.8 Å². The molecule has 0 spiro atoms. The molecule has 1 aliphatic rings. The van der Waals surface area contributed by atoms with Crippen LogP contribution < -0.4 is 10.0 Å². The van der Waals surface area contributed by atoms with Crippen molar-refractivity contribution in [2.24, 2.45) is 0 Å². The third-order valence-corrected chi connectivity index (χ3v) is 6.77. The summed E-state index contributed by atoms with van der Waals surface area (Å²) in [7, 11) is -4.10. The number of hydrogen-bond donors (Lipinski definition) is 2. The third-order valence-electron chi connectivity index (χ3n) is 5.09. The number of anilines is 1. The summed E-state index contributed by atoms with van der Waals surface area (Å²) in [4.78, 5) is 25.7. The molecule has 1 aliphatic heterocycles. The van der Waals surface area contributed by atoms with E-state index in [9.17, 15) is 22.4 Å². The molecule has 7 nitrogen and oxygen atoms in total. The van der Waals surface area contributed by atoms with Crippen molar-refractivity contribution in [3.63, 3.8) is 0 Å². The van der Waals surface area contributed by atoms with Crippen molar-refractivity contribution in [3.05, 3.63) is 29.1 Å². The van der Waals surface area contributed by atoms with Crippen molar-refractivity contribution in [3.8, 4) is 0 Å². The largest absolute Gasteiger partial charge is 0.332 e. The average Bonchev–Trinajstić information content (AvgIpc) is 2.61. The summed E-state index contributed by atoms with van der Waals surface area (Å²) in [6.07, 6.45) is 1.65. The van der Waals surface area contributed by atoms with Crippen LogP contribution in [-0.4, -0.2) is 37.2 Å². The van der Waals surface area contributed by atoms with Gasteiger partial charge in [0.25, 0.3) is 10.0 Å². The molecule has 1 aromatic carbocycles. The molecule has 0 saturated carbocycles. The van der Waals surface area contributed by atoms with E-state index in [-0.39, 0.29) is 24.2 Å². The lowest BCUT2D eigenvalue weighted by Crippen LogP contribution is -2.52. The number of benzene rings is 1. The van der Waals surface area contributed by atoms with E-state index in [0.717, 1.165) is 6.42 Å². The fourth-order valence-electron chi connectivity index (χ4n) is 3.62. The van der Waals surface area contributed by atoms with Gasteiger partial charge >= 0.3 is 6.03 Å². The van der Waals surface area contributed by atoms with Crippen LogP contribution in [0.4, 0.5) is 14.9 Å². The van der Waals surface area contributed by atoms with Gasteiger partial charge in [-0.25, -0.2) is 22.3 Å². The number of sulfonamides is 1. The van der Waals surface area contributed by atoms with Gasteiger partial charge in [-0.15, -0.1) is 0 Å². The lowest BCUT2D eigenvalue weighted by atomic mass is 9.92. The van der Waals surface area contributed by atoms with Gasteiger partial charge in [0.05, 0.1) is 0 Å². The van der Waals surface area contributed by atoms with Crippen molar-refractivity contribution >= 4 is 27.6 Å². The number of carbonyl (C=O) groups excluding carboxylic acids is 2. The zero-order valence-electron chi connectivity index (χ0n) is 17.6. The van der Waals surface area contributed by atoms with Crippen molar-refractivity contribution in [1.29, 1.82) is 0 Å². The summed E-state index contributed by atoms with van der Waals surface area (Å²) in [5.41, 5.74) is 1.59. The van der Waals surface area contributed by atoms with Gasteiger partial charge < -0.3 is 10.2 Å². The second-order valence-electron chi connectivity index (χ2n) is 8.03. The molecule has 1 atom stereocenters. The molecule has 1 saturated heterocycles. The molecule has 1 aromatic rings. The Bertz CT molecular complexity index is 855. The SMILES string of the molecule is CC(=O)N1CCCCC1S(=O)(=O)NC(=O)Nc1c(C(C)C)cc(F)cc1C(C)C. The van der Waals surface area contributed by atoms with Crippen LogP contribution in [-0.2, 0) is 14.8 Å². The van der Waals surface area contributed by atoms with Gasteiger partial charge in [-0.1, -0.05) is 27.7 Å². The number of likely N-dealkylation sites (tertiary alicyclic amines) is 1. The molecule has 0 aliphatic carbocycles. The van der Waals surface area contributed by atoms with Crippen molar-refractivity contribution in [1.82, 2.24) is 9.62 Å². The minimum absolute atomic E-state index is 0.0818. The molecular formula is C20H30FN3O4S. The number of carbonyl (C=O) groups is 2. The van der Waals surface area contributed by atoms with Crippen LogP contribution in [0.1, 0.15) is 76.8 Å². The highest BCUT2D eigenvalue weighted by atomic mass is 32.2. The molecule has 162 valence electrons. The average molecular weight is 428 g/mol. The fraction of sp³-hybridized carbons (Fsp3) is 0.600. The summed E-state index contributed by atoms with van der Waals surface area (Å²) in [6.45, 7) is 9.12. The highest BCUT2D eigenvalue weighted by Gasteiger charge is 2.36. The van der Waals surface area contributed by atoms with Crippen molar-refractivity contribution in [2.45, 2.75) is 71.1 Å². The summed E-state index contributed by atoms with van der Waals surface area (Å²) >= 11 is 0. The molecule has 0 radical (unpaired) electrons. The van der Waals surface area contributed by atoms with Crippen LogP contribution in [0.2, 0.25) is 0 Å². The quantitative estimate of drug-likeness (QED) is 0.745. The van der Waals surface area contributed by atoms with E-state index in [1.807, 2.05) is 32.4 Å². The van der Waals surface area contributed by atoms with Gasteiger partial charge in [0.1, 0.15) is 5.82 Å². The lowest BCUT2D eigenvalue weighted by Gasteiger charge is -2.34. The molecule has 1 unspecified atom stereocenters. The number of urea groups is 1. The van der Waals surface area contributed by atoms with E-state index in [1.54, 1.807) is 0 Å². The maximum Gasteiger partial charge on any atom is 0.332 e. The second-order valence-corrected chi connectivity index (χ2v) is 9.87. The Morgan fingerprint density at radius 3 is 2.14 bits per heavy atom. The van der Waals surface area contributed by atoms with Crippen LogP contribution in [0.25, 0.3) is 0 Å². The first kappa shape index (κ1) is 23.1. The highest BCUT2D eigenvalue weighted by molar-refractivity contribution is 7.90. The van der Waals surface area contributed by atoms with Gasteiger partial charge in [0.2, 0.25) is 5.91 Å². The van der Waals surface area contributed by atoms with E-state index >= 15 is 0 Å². The van der Waals surface area contributed by atoms with E-state index in [4.69, 9.17) is 0 Å². The predicted octanol–water partition coefficient (Wildman–Crippen LogP) is 3.88. The highest BCUT2D eigenvalue weighted by Crippen LogP contribution is 2.33. The van der Waals surface area contributed by atoms with Gasteiger partial charge in [-0.2, -0.15) is 0 Å². The Morgan fingerprint density at radius 2 is 1.66 bits per heavy atom. The molecule has 0 bridgehead atoms. The topological polar surface area (TPSA) is 95.6 Å². The van der Waals surface area contributed by atoms with Crippen LogP contribution >= 0.6 is 0 Å². The van der Waals surface area contributed by atoms with Crippen molar-refractivity contribution < 1.29 is 22.4 Å². The summed E-state index contributed by atoms with van der Waals surface area (Å²) in [5.74, 6) is -0.915. The molecule has 1 heterocycles. The Labute approximate surface area is 172 Å². The molecule has 9 heteroatoms. The molecule has 3 amide bonds. The number of hydrogen-bond acceptors (Lipinski definition) is 4. The first-order valence-corrected chi connectivity index (χ1v) is 11.4. The van der Waals surface area contributed by atoms with Crippen LogP contribution in [0.3, 0.4) is 0 Å². The fourth-order valence-corrected chi connectivity index (χ4v) is 5.14. The summed E-state index contributed by atoms with van der Waals surface area (Å²) in [6, 6.07) is 1.77. The molecule has 2 N–H and O–H groups in total. The zero-order chi connectivity index (χ0) is 21.9. The summed E-state index contributed by atoms with van der Waals surface area (Å²) < 4.78 is 41.6. The first-order chi connectivity index (χ1) is 13.4. The molecule has 0 aromatic heterocycles.